The van der Waals surface area contributed by atoms with Gasteiger partial charge in [0.2, 0.25) is 5.91 Å². The number of nitrogens with two attached hydrogens (primary N) is 2. The van der Waals surface area contributed by atoms with Crippen LogP contribution in [0.1, 0.15) is 37.4 Å². The molecule has 1 aliphatic rings. The number of para-hydroxylation sites is 2. The van der Waals surface area contributed by atoms with Gasteiger partial charge in [-0.15, -0.1) is 0 Å². The van der Waals surface area contributed by atoms with Crippen LogP contribution < -0.4 is 11.5 Å². The standard InChI is InChI=1S/C20H31N5O2/c1-27-11-5-10-25-18-8-3-2-7-17(18)23-20(25)15-6-4-9-24(14-15)19(26)12-16(22)13-21/h2-3,7-8,15-16H,4-6,9-14,21-22H2,1H3. The van der Waals surface area contributed by atoms with Crippen molar-refractivity contribution >= 4 is 16.9 Å². The van der Waals surface area contributed by atoms with Crippen molar-refractivity contribution in [3.05, 3.63) is 30.1 Å². The first-order valence-electron chi connectivity index (χ1n) is 9.81. The zero-order valence-electron chi connectivity index (χ0n) is 16.1. The summed E-state index contributed by atoms with van der Waals surface area (Å²) < 4.78 is 7.53. The number of amides is 1. The summed E-state index contributed by atoms with van der Waals surface area (Å²) in [6.07, 6.45) is 3.27. The van der Waals surface area contributed by atoms with Gasteiger partial charge in [0.05, 0.1) is 11.0 Å². The van der Waals surface area contributed by atoms with Crippen LogP contribution in [0.4, 0.5) is 0 Å². The fourth-order valence-electron chi connectivity index (χ4n) is 3.86. The Hall–Kier alpha value is -1.96. The van der Waals surface area contributed by atoms with Gasteiger partial charge in [-0.05, 0) is 31.4 Å². The van der Waals surface area contributed by atoms with Gasteiger partial charge in [-0.25, -0.2) is 4.98 Å². The Morgan fingerprint density at radius 2 is 2.22 bits per heavy atom. The number of likely N-dealkylation sites (tertiary alicyclic amines) is 1. The van der Waals surface area contributed by atoms with Crippen LogP contribution in [0, 0.1) is 0 Å². The van der Waals surface area contributed by atoms with Gasteiger partial charge in [0.1, 0.15) is 5.82 Å². The fourth-order valence-corrected chi connectivity index (χ4v) is 3.86. The Balaban J connectivity index is 1.81. The van der Waals surface area contributed by atoms with Gasteiger partial charge in [0.15, 0.2) is 0 Å². The summed E-state index contributed by atoms with van der Waals surface area (Å²) in [4.78, 5) is 19.4. The molecule has 27 heavy (non-hydrogen) atoms. The molecule has 0 radical (unpaired) electrons. The van der Waals surface area contributed by atoms with Crippen molar-refractivity contribution < 1.29 is 9.53 Å². The number of imidazole rings is 1. The fraction of sp³-hybridized carbons (Fsp3) is 0.600. The second-order valence-corrected chi connectivity index (χ2v) is 7.34. The summed E-state index contributed by atoms with van der Waals surface area (Å²) in [7, 11) is 1.73. The summed E-state index contributed by atoms with van der Waals surface area (Å²) in [5.74, 6) is 1.42. The minimum atomic E-state index is -0.267. The minimum absolute atomic E-state index is 0.0969. The molecule has 1 aromatic heterocycles. The molecular weight excluding hydrogens is 342 g/mol. The highest BCUT2D eigenvalue weighted by Gasteiger charge is 2.29. The van der Waals surface area contributed by atoms with Crippen molar-refractivity contribution in [2.24, 2.45) is 11.5 Å². The smallest absolute Gasteiger partial charge is 0.224 e. The van der Waals surface area contributed by atoms with Gasteiger partial charge in [-0.1, -0.05) is 12.1 Å². The van der Waals surface area contributed by atoms with Crippen LogP contribution in [0.15, 0.2) is 24.3 Å². The van der Waals surface area contributed by atoms with E-state index in [0.717, 1.165) is 55.8 Å². The molecule has 1 saturated heterocycles. The summed E-state index contributed by atoms with van der Waals surface area (Å²) in [6, 6.07) is 7.97. The molecule has 1 fully saturated rings. The minimum Gasteiger partial charge on any atom is -0.385 e. The lowest BCUT2D eigenvalue weighted by Crippen LogP contribution is -2.43. The maximum absolute atomic E-state index is 12.6. The van der Waals surface area contributed by atoms with E-state index >= 15 is 0 Å². The lowest BCUT2D eigenvalue weighted by Gasteiger charge is -2.33. The molecular formula is C20H31N5O2. The van der Waals surface area contributed by atoms with Gasteiger partial charge < -0.3 is 25.7 Å². The van der Waals surface area contributed by atoms with Crippen molar-refractivity contribution in [1.82, 2.24) is 14.5 Å². The third kappa shape index (κ3) is 4.66. The Bertz CT molecular complexity index is 760. The molecule has 0 aliphatic carbocycles. The van der Waals surface area contributed by atoms with E-state index in [9.17, 15) is 4.79 Å². The van der Waals surface area contributed by atoms with Crippen molar-refractivity contribution in [3.8, 4) is 0 Å². The van der Waals surface area contributed by atoms with E-state index in [4.69, 9.17) is 21.2 Å². The van der Waals surface area contributed by atoms with Gasteiger partial charge >= 0.3 is 0 Å². The Morgan fingerprint density at radius 3 is 3.00 bits per heavy atom. The molecule has 1 amide bonds. The predicted molar refractivity (Wildman–Crippen MR) is 106 cm³/mol. The molecule has 148 valence electrons. The molecule has 7 heteroatoms. The number of nitrogens with zero attached hydrogens (tertiary/aromatic N) is 3. The van der Waals surface area contributed by atoms with E-state index in [1.807, 2.05) is 17.0 Å². The normalized spacial score (nSPS) is 18.8. The van der Waals surface area contributed by atoms with Crippen LogP contribution in [0.5, 0.6) is 0 Å². The molecule has 2 heterocycles. The number of carbonyl (C=O) groups excluding carboxylic acids is 1. The number of carbonyl (C=O) groups is 1. The first-order chi connectivity index (χ1) is 13.1. The Kier molecular flexibility index (Phi) is 6.82. The lowest BCUT2D eigenvalue weighted by atomic mass is 9.96. The zero-order valence-corrected chi connectivity index (χ0v) is 16.1. The lowest BCUT2D eigenvalue weighted by molar-refractivity contribution is -0.132. The van der Waals surface area contributed by atoms with Gasteiger partial charge in [0, 0.05) is 58.3 Å². The number of aromatic nitrogens is 2. The summed E-state index contributed by atoms with van der Waals surface area (Å²) in [6.45, 7) is 3.41. The monoisotopic (exact) mass is 373 g/mol. The molecule has 2 unspecified atom stereocenters. The molecule has 0 spiro atoms. The van der Waals surface area contributed by atoms with Crippen molar-refractivity contribution in [2.45, 2.75) is 44.2 Å². The SMILES string of the molecule is COCCCn1c(C2CCCN(C(=O)CC(N)CN)C2)nc2ccccc21. The van der Waals surface area contributed by atoms with Crippen molar-refractivity contribution in [2.75, 3.05) is 33.4 Å². The summed E-state index contributed by atoms with van der Waals surface area (Å²) in [5.41, 5.74) is 13.6. The number of aryl methyl sites for hydroxylation is 1. The highest BCUT2D eigenvalue weighted by Crippen LogP contribution is 2.30. The highest BCUT2D eigenvalue weighted by atomic mass is 16.5. The van der Waals surface area contributed by atoms with E-state index in [1.165, 1.54) is 0 Å². The number of benzene rings is 1. The zero-order chi connectivity index (χ0) is 19.2. The molecule has 2 aromatic rings. The third-order valence-corrected chi connectivity index (χ3v) is 5.29. The van der Waals surface area contributed by atoms with Crippen molar-refractivity contribution in [1.29, 1.82) is 0 Å². The van der Waals surface area contributed by atoms with Crippen LogP contribution >= 0.6 is 0 Å². The quantitative estimate of drug-likeness (QED) is 0.683. The van der Waals surface area contributed by atoms with Crippen LogP contribution in [-0.2, 0) is 16.1 Å². The topological polar surface area (TPSA) is 99.4 Å². The molecule has 7 nitrogen and oxygen atoms in total. The Morgan fingerprint density at radius 1 is 1.41 bits per heavy atom. The first kappa shape index (κ1) is 19.8. The average molecular weight is 374 g/mol. The maximum Gasteiger partial charge on any atom is 0.224 e. The summed E-state index contributed by atoms with van der Waals surface area (Å²) in [5, 5.41) is 0. The average Bonchev–Trinajstić information content (AvgIpc) is 3.07. The van der Waals surface area contributed by atoms with E-state index in [1.54, 1.807) is 7.11 Å². The number of rotatable bonds is 8. The largest absolute Gasteiger partial charge is 0.385 e. The first-order valence-corrected chi connectivity index (χ1v) is 9.81. The Labute approximate surface area is 160 Å². The third-order valence-electron chi connectivity index (χ3n) is 5.29. The predicted octanol–water partition coefficient (Wildman–Crippen LogP) is 1.45. The molecule has 3 rings (SSSR count). The second-order valence-electron chi connectivity index (χ2n) is 7.34. The molecule has 2 atom stereocenters. The maximum atomic E-state index is 12.6. The van der Waals surface area contributed by atoms with Crippen LogP contribution in [0.25, 0.3) is 11.0 Å². The van der Waals surface area contributed by atoms with Gasteiger partial charge in [-0.2, -0.15) is 0 Å². The second kappa shape index (κ2) is 9.30. The van der Waals surface area contributed by atoms with E-state index in [2.05, 4.69) is 16.7 Å². The molecule has 1 aliphatic heterocycles. The van der Waals surface area contributed by atoms with Gasteiger partial charge in [-0.3, -0.25) is 4.79 Å². The number of fused-ring (bicyclic) bond motifs is 1. The van der Waals surface area contributed by atoms with E-state index in [0.29, 0.717) is 19.5 Å². The van der Waals surface area contributed by atoms with Gasteiger partial charge in [0.25, 0.3) is 0 Å². The number of hydrogen-bond donors (Lipinski definition) is 2. The van der Waals surface area contributed by atoms with Crippen molar-refractivity contribution in [3.63, 3.8) is 0 Å². The highest BCUT2D eigenvalue weighted by molar-refractivity contribution is 5.77. The number of methoxy groups -OCH3 is 1. The molecule has 0 bridgehead atoms. The van der Waals surface area contributed by atoms with E-state index < -0.39 is 0 Å². The van der Waals surface area contributed by atoms with E-state index in [-0.39, 0.29) is 17.9 Å². The van der Waals surface area contributed by atoms with Crippen LogP contribution in [0.2, 0.25) is 0 Å². The molecule has 4 N–H and O–H groups in total. The molecule has 0 saturated carbocycles. The number of hydrogen-bond acceptors (Lipinski definition) is 5. The number of ether oxygens (including phenoxy) is 1. The molecule has 1 aromatic carbocycles. The van der Waals surface area contributed by atoms with Crippen LogP contribution in [-0.4, -0.2) is 59.8 Å². The van der Waals surface area contributed by atoms with Crippen LogP contribution in [0.3, 0.4) is 0 Å². The summed E-state index contributed by atoms with van der Waals surface area (Å²) >= 11 is 0. The number of piperidine rings is 1.